The highest BCUT2D eigenvalue weighted by molar-refractivity contribution is 5.94. The number of aryl methyl sites for hydroxylation is 1. The molecule has 0 bridgehead atoms. The maximum absolute atomic E-state index is 13.2. The number of aromatic nitrogens is 1. The highest BCUT2D eigenvalue weighted by atomic mass is 16.5. The molecule has 1 heterocycles. The van der Waals surface area contributed by atoms with Gasteiger partial charge in [0.2, 0.25) is 0 Å². The molecule has 3 rings (SSSR count). The summed E-state index contributed by atoms with van der Waals surface area (Å²) in [5, 5.41) is 0. The summed E-state index contributed by atoms with van der Waals surface area (Å²) in [5.74, 6) is 0.645. The van der Waals surface area contributed by atoms with Crippen LogP contribution in [-0.2, 0) is 19.5 Å². The molecule has 0 aliphatic heterocycles. The van der Waals surface area contributed by atoms with Crippen molar-refractivity contribution in [2.24, 2.45) is 0 Å². The number of amides is 1. The molecule has 27 heavy (non-hydrogen) atoms. The Balaban J connectivity index is 1.86. The quantitative estimate of drug-likeness (QED) is 0.623. The smallest absolute Gasteiger partial charge is 0.254 e. The molecule has 0 N–H and O–H groups in total. The van der Waals surface area contributed by atoms with Crippen LogP contribution < -0.4 is 4.74 Å². The largest absolute Gasteiger partial charge is 0.497 e. The van der Waals surface area contributed by atoms with E-state index in [9.17, 15) is 4.79 Å². The number of pyridine rings is 1. The molecule has 3 aromatic rings. The highest BCUT2D eigenvalue weighted by Gasteiger charge is 2.17. The van der Waals surface area contributed by atoms with Crippen LogP contribution in [0.15, 0.2) is 73.1 Å². The van der Waals surface area contributed by atoms with E-state index in [-0.39, 0.29) is 5.91 Å². The maximum Gasteiger partial charge on any atom is 0.254 e. The third kappa shape index (κ3) is 4.94. The van der Waals surface area contributed by atoms with Gasteiger partial charge in [-0.25, -0.2) is 0 Å². The predicted molar refractivity (Wildman–Crippen MR) is 107 cm³/mol. The first-order chi connectivity index (χ1) is 13.2. The number of rotatable bonds is 7. The zero-order chi connectivity index (χ0) is 19.1. The van der Waals surface area contributed by atoms with E-state index in [2.05, 4.69) is 36.2 Å². The summed E-state index contributed by atoms with van der Waals surface area (Å²) in [6, 6.07) is 19.6. The zero-order valence-electron chi connectivity index (χ0n) is 15.8. The first kappa shape index (κ1) is 18.6. The average Bonchev–Trinajstić information content (AvgIpc) is 2.74. The van der Waals surface area contributed by atoms with Crippen LogP contribution in [0, 0.1) is 0 Å². The molecule has 4 nitrogen and oxygen atoms in total. The van der Waals surface area contributed by atoms with E-state index in [1.54, 1.807) is 25.6 Å². The molecule has 0 saturated heterocycles. The SMILES string of the molecule is CCc1ccc(CN(Cc2cccnc2)C(=O)c2cccc(OC)c2)cc1. The molecule has 0 saturated carbocycles. The van der Waals surface area contributed by atoms with Gasteiger partial charge in [0.15, 0.2) is 0 Å². The molecule has 4 heteroatoms. The summed E-state index contributed by atoms with van der Waals surface area (Å²) in [5.41, 5.74) is 4.01. The van der Waals surface area contributed by atoms with Crippen LogP contribution in [0.5, 0.6) is 5.75 Å². The minimum Gasteiger partial charge on any atom is -0.497 e. The van der Waals surface area contributed by atoms with Crippen molar-refractivity contribution in [3.05, 3.63) is 95.3 Å². The summed E-state index contributed by atoms with van der Waals surface area (Å²) >= 11 is 0. The van der Waals surface area contributed by atoms with E-state index >= 15 is 0 Å². The van der Waals surface area contributed by atoms with Gasteiger partial charge < -0.3 is 9.64 Å². The van der Waals surface area contributed by atoms with Gasteiger partial charge in [-0.1, -0.05) is 43.3 Å². The van der Waals surface area contributed by atoms with Gasteiger partial charge in [-0.3, -0.25) is 9.78 Å². The van der Waals surface area contributed by atoms with Crippen molar-refractivity contribution in [3.63, 3.8) is 0 Å². The van der Waals surface area contributed by atoms with Crippen LogP contribution in [0.2, 0.25) is 0 Å². The Morgan fingerprint density at radius 3 is 2.37 bits per heavy atom. The molecule has 0 radical (unpaired) electrons. The number of hydrogen-bond donors (Lipinski definition) is 0. The lowest BCUT2D eigenvalue weighted by Crippen LogP contribution is -2.30. The molecule has 138 valence electrons. The van der Waals surface area contributed by atoms with Gasteiger partial charge in [-0.05, 0) is 47.4 Å². The lowest BCUT2D eigenvalue weighted by Gasteiger charge is -2.23. The van der Waals surface area contributed by atoms with Gasteiger partial charge in [0.05, 0.1) is 7.11 Å². The monoisotopic (exact) mass is 360 g/mol. The number of carbonyl (C=O) groups is 1. The number of ether oxygens (including phenoxy) is 1. The second-order valence-corrected chi connectivity index (χ2v) is 6.42. The van der Waals surface area contributed by atoms with Crippen LogP contribution in [0.25, 0.3) is 0 Å². The van der Waals surface area contributed by atoms with E-state index in [4.69, 9.17) is 4.74 Å². The van der Waals surface area contributed by atoms with E-state index in [0.29, 0.717) is 24.4 Å². The van der Waals surface area contributed by atoms with Gasteiger partial charge >= 0.3 is 0 Å². The normalized spacial score (nSPS) is 10.4. The van der Waals surface area contributed by atoms with Gasteiger partial charge in [0.25, 0.3) is 5.91 Å². The zero-order valence-corrected chi connectivity index (χ0v) is 15.8. The van der Waals surface area contributed by atoms with E-state index in [0.717, 1.165) is 17.5 Å². The Morgan fingerprint density at radius 2 is 1.70 bits per heavy atom. The van der Waals surface area contributed by atoms with Crippen molar-refractivity contribution in [2.75, 3.05) is 7.11 Å². The Bertz CT molecular complexity index is 876. The second-order valence-electron chi connectivity index (χ2n) is 6.42. The fourth-order valence-electron chi connectivity index (χ4n) is 2.95. The molecule has 0 spiro atoms. The molecule has 1 aromatic heterocycles. The van der Waals surface area contributed by atoms with Crippen LogP contribution in [0.1, 0.15) is 34.0 Å². The fraction of sp³-hybridized carbons (Fsp3) is 0.217. The Kier molecular flexibility index (Phi) is 6.21. The molecule has 0 aliphatic rings. The van der Waals surface area contributed by atoms with Crippen molar-refractivity contribution >= 4 is 5.91 Å². The fourth-order valence-corrected chi connectivity index (χ4v) is 2.95. The third-order valence-corrected chi connectivity index (χ3v) is 4.50. The Labute approximate surface area is 160 Å². The van der Waals surface area contributed by atoms with E-state index in [1.165, 1.54) is 5.56 Å². The lowest BCUT2D eigenvalue weighted by molar-refractivity contribution is 0.0729. The molecule has 0 aliphatic carbocycles. The van der Waals surface area contributed by atoms with Gasteiger partial charge in [-0.15, -0.1) is 0 Å². The molecule has 2 aromatic carbocycles. The Morgan fingerprint density at radius 1 is 0.963 bits per heavy atom. The van der Waals surface area contributed by atoms with Crippen LogP contribution in [0.3, 0.4) is 0 Å². The maximum atomic E-state index is 13.2. The van der Waals surface area contributed by atoms with Crippen LogP contribution >= 0.6 is 0 Å². The number of nitrogens with zero attached hydrogens (tertiary/aromatic N) is 2. The number of carbonyl (C=O) groups excluding carboxylic acids is 1. The van der Waals surface area contributed by atoms with Crippen molar-refractivity contribution in [1.82, 2.24) is 9.88 Å². The van der Waals surface area contributed by atoms with Gasteiger partial charge in [0.1, 0.15) is 5.75 Å². The summed E-state index contributed by atoms with van der Waals surface area (Å²) in [4.78, 5) is 19.2. The van der Waals surface area contributed by atoms with Crippen molar-refractivity contribution in [2.45, 2.75) is 26.4 Å². The lowest BCUT2D eigenvalue weighted by atomic mass is 10.1. The highest BCUT2D eigenvalue weighted by Crippen LogP contribution is 2.18. The Hall–Kier alpha value is -3.14. The summed E-state index contributed by atoms with van der Waals surface area (Å²) in [7, 11) is 1.60. The summed E-state index contributed by atoms with van der Waals surface area (Å²) in [6.07, 6.45) is 4.54. The van der Waals surface area contributed by atoms with E-state index in [1.807, 2.05) is 35.2 Å². The summed E-state index contributed by atoms with van der Waals surface area (Å²) < 4.78 is 5.27. The third-order valence-electron chi connectivity index (χ3n) is 4.50. The molecular weight excluding hydrogens is 336 g/mol. The average molecular weight is 360 g/mol. The minimum atomic E-state index is -0.0303. The molecule has 0 fully saturated rings. The van der Waals surface area contributed by atoms with Gasteiger partial charge in [0, 0.05) is 31.0 Å². The summed E-state index contributed by atoms with van der Waals surface area (Å²) in [6.45, 7) is 3.17. The number of methoxy groups -OCH3 is 1. The molecular formula is C23H24N2O2. The van der Waals surface area contributed by atoms with Crippen LogP contribution in [-0.4, -0.2) is 22.9 Å². The number of hydrogen-bond acceptors (Lipinski definition) is 3. The van der Waals surface area contributed by atoms with Crippen molar-refractivity contribution in [1.29, 1.82) is 0 Å². The predicted octanol–water partition coefficient (Wildman–Crippen LogP) is 4.50. The minimum absolute atomic E-state index is 0.0303. The van der Waals surface area contributed by atoms with Crippen molar-refractivity contribution < 1.29 is 9.53 Å². The first-order valence-corrected chi connectivity index (χ1v) is 9.09. The van der Waals surface area contributed by atoms with Crippen molar-refractivity contribution in [3.8, 4) is 5.75 Å². The second kappa shape index (κ2) is 8.99. The van der Waals surface area contributed by atoms with E-state index < -0.39 is 0 Å². The van der Waals surface area contributed by atoms with Crippen LogP contribution in [0.4, 0.5) is 0 Å². The number of benzene rings is 2. The standard InChI is InChI=1S/C23H24N2O2/c1-3-18-9-11-19(12-10-18)16-25(17-20-6-5-13-24-15-20)23(26)21-7-4-8-22(14-21)27-2/h4-15H,3,16-17H2,1-2H3. The molecule has 0 atom stereocenters. The van der Waals surface area contributed by atoms with Gasteiger partial charge in [-0.2, -0.15) is 0 Å². The molecule has 1 amide bonds. The first-order valence-electron chi connectivity index (χ1n) is 9.09. The topological polar surface area (TPSA) is 42.4 Å². The molecule has 0 unspecified atom stereocenters.